The summed E-state index contributed by atoms with van der Waals surface area (Å²) in [6, 6.07) is 1.42. The second-order valence-corrected chi connectivity index (χ2v) is 8.91. The lowest BCUT2D eigenvalue weighted by atomic mass is 10.2. The Morgan fingerprint density at radius 1 is 1.65 bits per heavy atom. The molecule has 2 heterocycles. The Kier molecular flexibility index (Phi) is 6.28. The molecule has 14 heteroatoms. The first kappa shape index (κ1) is 18.9. The Labute approximate surface area is 141 Å². The van der Waals surface area contributed by atoms with Gasteiger partial charge < -0.3 is 24.8 Å². The van der Waals surface area contributed by atoms with Crippen molar-refractivity contribution in [2.75, 3.05) is 12.3 Å². The zero-order valence-electron chi connectivity index (χ0n) is 11.5. The van der Waals surface area contributed by atoms with Gasteiger partial charge in [0.2, 0.25) is 0 Å². The number of anilines is 1. The topological polar surface area (TPSA) is 146 Å². The molecule has 2 rings (SSSR count). The van der Waals surface area contributed by atoms with Crippen LogP contribution >= 0.6 is 26.2 Å². The molecule has 1 saturated heterocycles. The summed E-state index contributed by atoms with van der Waals surface area (Å²) in [4.78, 5) is 33.6. The van der Waals surface area contributed by atoms with Crippen molar-refractivity contribution in [3.05, 3.63) is 22.7 Å². The molecule has 2 unspecified atom stereocenters. The number of aromatic nitrogens is 2. The molecule has 4 N–H and O–H groups in total. The monoisotopic (exact) mass is 402 g/mol. The molecule has 0 saturated carbocycles. The maximum absolute atomic E-state index is 11.8. The summed E-state index contributed by atoms with van der Waals surface area (Å²) in [5.74, 6) is 0.0663. The highest BCUT2D eigenvalue weighted by Crippen LogP contribution is 2.41. The maximum atomic E-state index is 11.8. The lowest BCUT2D eigenvalue weighted by Crippen LogP contribution is -2.28. The molecule has 0 radical (unpaired) electrons. The minimum absolute atomic E-state index is 0.0663. The van der Waals surface area contributed by atoms with Crippen molar-refractivity contribution in [1.82, 2.24) is 9.55 Å². The van der Waals surface area contributed by atoms with Crippen LogP contribution in [0.25, 0.3) is 0 Å². The van der Waals surface area contributed by atoms with Crippen molar-refractivity contribution in [3.63, 3.8) is 0 Å². The van der Waals surface area contributed by atoms with Gasteiger partial charge in [-0.05, 0) is 22.4 Å². The van der Waals surface area contributed by atoms with Gasteiger partial charge in [0.15, 0.2) is 0 Å². The minimum Gasteiger partial charge on any atom is -0.383 e. The normalized spacial score (nSPS) is 25.5. The summed E-state index contributed by atoms with van der Waals surface area (Å²) in [7, 11) is -2.23. The molecule has 128 valence electrons. The molecule has 1 aliphatic heterocycles. The first-order chi connectivity index (χ1) is 10.7. The van der Waals surface area contributed by atoms with E-state index in [9.17, 15) is 9.36 Å². The number of nitrogens with zero attached hydrogens (tertiary/aromatic N) is 2. The Hall–Kier alpha value is -0.420. The van der Waals surface area contributed by atoms with E-state index in [1.54, 1.807) is 0 Å². The van der Waals surface area contributed by atoms with E-state index in [2.05, 4.69) is 29.0 Å². The van der Waals surface area contributed by atoms with E-state index < -0.39 is 38.1 Å². The van der Waals surface area contributed by atoms with Gasteiger partial charge in [0, 0.05) is 12.6 Å². The summed E-state index contributed by atoms with van der Waals surface area (Å²) < 4.78 is 27.8. The fourth-order valence-electron chi connectivity index (χ4n) is 2.06. The number of thiol groups is 1. The average molecular weight is 402 g/mol. The van der Waals surface area contributed by atoms with Crippen LogP contribution in [0.2, 0.25) is 0 Å². The van der Waals surface area contributed by atoms with E-state index in [1.165, 1.54) is 16.8 Å². The summed E-state index contributed by atoms with van der Waals surface area (Å²) >= 11 is 8.03. The molecule has 10 nitrogen and oxygen atoms in total. The van der Waals surface area contributed by atoms with Gasteiger partial charge in [-0.1, -0.05) is 0 Å². The molecule has 1 fully saturated rings. The van der Waals surface area contributed by atoms with E-state index in [0.717, 1.165) is 0 Å². The van der Waals surface area contributed by atoms with Gasteiger partial charge in [-0.15, -0.1) is 4.52 Å². The van der Waals surface area contributed by atoms with Gasteiger partial charge >= 0.3 is 19.6 Å². The highest BCUT2D eigenvalue weighted by molar-refractivity contribution is 8.39. The van der Waals surface area contributed by atoms with Gasteiger partial charge in [0.1, 0.15) is 36.5 Å². The molecule has 0 aromatic carbocycles. The predicted molar refractivity (Wildman–Crippen MR) is 87.6 cm³/mol. The molecule has 1 aromatic rings. The van der Waals surface area contributed by atoms with Gasteiger partial charge in [0.25, 0.3) is 0 Å². The van der Waals surface area contributed by atoms with Crippen LogP contribution in [0.3, 0.4) is 0 Å². The third-order valence-electron chi connectivity index (χ3n) is 2.97. The molecule has 0 amide bonds. The van der Waals surface area contributed by atoms with E-state index >= 15 is 0 Å². The number of hydrogen-bond donors (Lipinski definition) is 4. The van der Waals surface area contributed by atoms with Crippen LogP contribution in [-0.4, -0.2) is 38.2 Å². The van der Waals surface area contributed by atoms with Crippen molar-refractivity contribution in [2.45, 2.75) is 24.9 Å². The number of nitrogen functional groups attached to an aromatic ring is 1. The molecule has 0 spiro atoms. The Morgan fingerprint density at radius 3 is 2.91 bits per heavy atom. The quantitative estimate of drug-likeness (QED) is 0.387. The summed E-state index contributed by atoms with van der Waals surface area (Å²) in [5, 5.41) is 0. The predicted octanol–water partition coefficient (Wildman–Crippen LogP) is 0.311. The van der Waals surface area contributed by atoms with Crippen LogP contribution in [0.4, 0.5) is 5.82 Å². The highest BCUT2D eigenvalue weighted by atomic mass is 32.7. The summed E-state index contributed by atoms with van der Waals surface area (Å²) in [6.07, 6.45) is -0.781. The largest absolute Gasteiger partial charge is 0.582 e. The number of rotatable bonds is 6. The van der Waals surface area contributed by atoms with Crippen molar-refractivity contribution in [2.24, 2.45) is 0 Å². The van der Waals surface area contributed by atoms with Crippen LogP contribution < -0.4 is 11.4 Å². The first-order valence-corrected chi connectivity index (χ1v) is 11.1. The lowest BCUT2D eigenvalue weighted by molar-refractivity contribution is -0.0377. The van der Waals surface area contributed by atoms with Crippen LogP contribution in [-0.2, 0) is 30.2 Å². The fourth-order valence-corrected chi connectivity index (χ4v) is 3.40. The van der Waals surface area contributed by atoms with Crippen LogP contribution in [0.1, 0.15) is 12.6 Å². The third-order valence-corrected chi connectivity index (χ3v) is 4.51. The first-order valence-electron chi connectivity index (χ1n) is 6.19. The molecule has 1 aliphatic rings. The number of nitrogens with two attached hydrogens (primary N) is 1. The Balaban J connectivity index is 2.16. The van der Waals surface area contributed by atoms with Crippen LogP contribution in [0, 0.1) is 0 Å². The van der Waals surface area contributed by atoms with Crippen LogP contribution in [0.5, 0.6) is 0 Å². The molecule has 4 atom stereocenters. The molecule has 1 aromatic heterocycles. The SMILES string of the molecule is Nc1ccn([C@H]2CC(O[P+](=O)S)[C@@H](COP(O)(O)=S)O2)c(=O)n1. The number of hydrogen-bond acceptors (Lipinski definition) is 8. The second-order valence-electron chi connectivity index (χ2n) is 4.58. The van der Waals surface area contributed by atoms with E-state index in [4.69, 9.17) is 29.3 Å². The van der Waals surface area contributed by atoms with Crippen molar-refractivity contribution in [3.8, 4) is 0 Å². The van der Waals surface area contributed by atoms with Crippen molar-refractivity contribution < 1.29 is 28.1 Å². The molecule has 23 heavy (non-hydrogen) atoms. The second kappa shape index (κ2) is 7.64. The molecule has 0 bridgehead atoms. The molecular weight excluding hydrogens is 388 g/mol. The van der Waals surface area contributed by atoms with Gasteiger partial charge in [0.05, 0.1) is 6.61 Å². The van der Waals surface area contributed by atoms with E-state index in [1.807, 2.05) is 0 Å². The summed E-state index contributed by atoms with van der Waals surface area (Å²) in [6.45, 7) is -4.18. The van der Waals surface area contributed by atoms with Crippen molar-refractivity contribution in [1.29, 1.82) is 0 Å². The zero-order valence-corrected chi connectivity index (χ0v) is 15.0. The number of ether oxygens (including phenoxy) is 1. The third kappa shape index (κ3) is 5.56. The summed E-state index contributed by atoms with van der Waals surface area (Å²) in [5.41, 5.74) is 4.80. The lowest BCUT2D eigenvalue weighted by Gasteiger charge is -2.17. The van der Waals surface area contributed by atoms with Gasteiger partial charge in [-0.25, -0.2) is 4.79 Å². The highest BCUT2D eigenvalue weighted by Gasteiger charge is 2.42. The minimum atomic E-state index is -3.88. The zero-order chi connectivity index (χ0) is 17.2. The van der Waals surface area contributed by atoms with Gasteiger partial charge in [-0.2, -0.15) is 4.98 Å². The van der Waals surface area contributed by atoms with E-state index in [0.29, 0.717) is 0 Å². The Bertz CT molecular complexity index is 696. The van der Waals surface area contributed by atoms with E-state index in [-0.39, 0.29) is 18.8 Å². The maximum Gasteiger partial charge on any atom is 0.582 e. The fraction of sp³-hybridized carbons (Fsp3) is 0.556. The standard InChI is InChI=1S/C9H13N3O7P2S2/c10-7-1-2-12(9(13)11-7)8-3-5(19-20(14)22)6(18-8)4-17-21(15,16)23/h1-2,5-6,8H,3-4H2,(H4-,10,11,13,14,15,16,22,23)/p+1/t5?,6-,8-/m1/s1. The Morgan fingerprint density at radius 2 is 2.35 bits per heavy atom. The molecular formula is C9H14N3O7P2S2+. The molecule has 0 aliphatic carbocycles. The average Bonchev–Trinajstić information content (AvgIpc) is 2.77. The van der Waals surface area contributed by atoms with Crippen LogP contribution in [0.15, 0.2) is 17.1 Å². The smallest absolute Gasteiger partial charge is 0.383 e. The van der Waals surface area contributed by atoms with Crippen molar-refractivity contribution >= 4 is 43.8 Å². The van der Waals surface area contributed by atoms with Gasteiger partial charge in [-0.3, -0.25) is 4.57 Å².